The van der Waals surface area contributed by atoms with Crippen molar-refractivity contribution in [1.82, 2.24) is 9.88 Å². The fourth-order valence-electron chi connectivity index (χ4n) is 2.15. The first-order valence-electron chi connectivity index (χ1n) is 5.80. The van der Waals surface area contributed by atoms with Gasteiger partial charge in [0.15, 0.2) is 6.10 Å². The van der Waals surface area contributed by atoms with Gasteiger partial charge in [-0.2, -0.15) is 0 Å². The van der Waals surface area contributed by atoms with Gasteiger partial charge in [0.2, 0.25) is 5.91 Å². The standard InChI is InChI=1S/C12H15N3O3/c13-11(17)9-5-3-7-15(9)12(18)10(16)8-4-1-2-6-14-8/h1-2,4,6,9-10,16H,3,5,7H2,(H2,13,17). The van der Waals surface area contributed by atoms with Crippen molar-refractivity contribution >= 4 is 11.8 Å². The van der Waals surface area contributed by atoms with Crippen molar-refractivity contribution in [2.75, 3.05) is 6.54 Å². The summed E-state index contributed by atoms with van der Waals surface area (Å²) in [5.41, 5.74) is 5.51. The largest absolute Gasteiger partial charge is 0.377 e. The van der Waals surface area contributed by atoms with Gasteiger partial charge in [0.25, 0.3) is 5.91 Å². The van der Waals surface area contributed by atoms with Crippen LogP contribution < -0.4 is 5.73 Å². The summed E-state index contributed by atoms with van der Waals surface area (Å²) in [4.78, 5) is 28.6. The van der Waals surface area contributed by atoms with E-state index in [1.165, 1.54) is 11.1 Å². The minimum Gasteiger partial charge on any atom is -0.377 e. The van der Waals surface area contributed by atoms with Crippen molar-refractivity contribution < 1.29 is 14.7 Å². The average molecular weight is 249 g/mol. The fraction of sp³-hybridized carbons (Fsp3) is 0.417. The Morgan fingerprint density at radius 3 is 2.89 bits per heavy atom. The zero-order valence-electron chi connectivity index (χ0n) is 9.82. The maximum atomic E-state index is 12.1. The molecule has 2 unspecified atom stereocenters. The second-order valence-electron chi connectivity index (χ2n) is 4.25. The van der Waals surface area contributed by atoms with E-state index >= 15 is 0 Å². The first kappa shape index (κ1) is 12.5. The van der Waals surface area contributed by atoms with E-state index in [0.29, 0.717) is 19.4 Å². The summed E-state index contributed by atoms with van der Waals surface area (Å²) in [5.74, 6) is -1.05. The first-order valence-corrected chi connectivity index (χ1v) is 5.80. The van der Waals surface area contributed by atoms with E-state index in [-0.39, 0.29) is 5.69 Å². The molecule has 3 N–H and O–H groups in total. The number of amides is 2. The van der Waals surface area contributed by atoms with Gasteiger partial charge in [-0.3, -0.25) is 14.6 Å². The zero-order valence-corrected chi connectivity index (χ0v) is 9.82. The number of aromatic nitrogens is 1. The summed E-state index contributed by atoms with van der Waals surface area (Å²) in [6.07, 6.45) is 1.43. The van der Waals surface area contributed by atoms with Crippen LogP contribution in [0.2, 0.25) is 0 Å². The molecular weight excluding hydrogens is 234 g/mol. The Kier molecular flexibility index (Phi) is 3.57. The summed E-state index contributed by atoms with van der Waals surface area (Å²) in [6.45, 7) is 0.441. The molecule has 6 heteroatoms. The number of likely N-dealkylation sites (tertiary alicyclic amines) is 1. The van der Waals surface area contributed by atoms with Crippen LogP contribution in [-0.4, -0.2) is 39.4 Å². The lowest BCUT2D eigenvalue weighted by Crippen LogP contribution is -2.45. The monoisotopic (exact) mass is 249 g/mol. The Hall–Kier alpha value is -1.95. The van der Waals surface area contributed by atoms with E-state index in [0.717, 1.165) is 0 Å². The quantitative estimate of drug-likeness (QED) is 0.761. The lowest BCUT2D eigenvalue weighted by atomic mass is 10.1. The highest BCUT2D eigenvalue weighted by molar-refractivity contribution is 5.89. The van der Waals surface area contributed by atoms with Crippen molar-refractivity contribution in [3.63, 3.8) is 0 Å². The predicted octanol–water partition coefficient (Wildman–Crippen LogP) is -0.409. The number of carbonyl (C=O) groups excluding carboxylic acids is 2. The number of nitrogens with zero attached hydrogens (tertiary/aromatic N) is 2. The van der Waals surface area contributed by atoms with Crippen LogP contribution in [0.25, 0.3) is 0 Å². The third-order valence-corrected chi connectivity index (χ3v) is 3.07. The molecule has 1 aromatic heterocycles. The molecule has 0 aromatic carbocycles. The van der Waals surface area contributed by atoms with Gasteiger partial charge in [-0.15, -0.1) is 0 Å². The van der Waals surface area contributed by atoms with Gasteiger partial charge >= 0.3 is 0 Å². The molecule has 0 saturated carbocycles. The Morgan fingerprint density at radius 1 is 1.50 bits per heavy atom. The van der Waals surface area contributed by atoms with Crippen molar-refractivity contribution in [1.29, 1.82) is 0 Å². The Morgan fingerprint density at radius 2 is 2.28 bits per heavy atom. The molecule has 2 atom stereocenters. The molecular formula is C12H15N3O3. The molecule has 0 radical (unpaired) electrons. The van der Waals surface area contributed by atoms with Crippen molar-refractivity contribution in [3.05, 3.63) is 30.1 Å². The summed E-state index contributed by atoms with van der Waals surface area (Å²) >= 11 is 0. The van der Waals surface area contributed by atoms with Gasteiger partial charge in [-0.25, -0.2) is 0 Å². The third-order valence-electron chi connectivity index (χ3n) is 3.07. The average Bonchev–Trinajstić information content (AvgIpc) is 2.87. The smallest absolute Gasteiger partial charge is 0.258 e. The number of hydrogen-bond acceptors (Lipinski definition) is 4. The molecule has 18 heavy (non-hydrogen) atoms. The van der Waals surface area contributed by atoms with Crippen LogP contribution in [0, 0.1) is 0 Å². The Balaban J connectivity index is 2.14. The minimum absolute atomic E-state index is 0.276. The van der Waals surface area contributed by atoms with Crippen LogP contribution in [0.4, 0.5) is 0 Å². The van der Waals surface area contributed by atoms with Gasteiger partial charge < -0.3 is 15.7 Å². The molecule has 1 aliphatic heterocycles. The van der Waals surface area contributed by atoms with Crippen LogP contribution in [-0.2, 0) is 9.59 Å². The van der Waals surface area contributed by atoms with Gasteiger partial charge in [0.05, 0.1) is 5.69 Å². The number of primary amides is 1. The first-order chi connectivity index (χ1) is 8.61. The van der Waals surface area contributed by atoms with Crippen molar-refractivity contribution in [3.8, 4) is 0 Å². The summed E-state index contributed by atoms with van der Waals surface area (Å²) in [7, 11) is 0. The molecule has 2 rings (SSSR count). The van der Waals surface area contributed by atoms with Crippen molar-refractivity contribution in [2.45, 2.75) is 25.0 Å². The lowest BCUT2D eigenvalue weighted by Gasteiger charge is -2.24. The molecule has 1 fully saturated rings. The SMILES string of the molecule is NC(=O)C1CCCN1C(=O)C(O)c1ccccn1. The molecule has 0 spiro atoms. The number of nitrogens with two attached hydrogens (primary N) is 1. The molecule has 2 heterocycles. The molecule has 1 saturated heterocycles. The summed E-state index contributed by atoms with van der Waals surface area (Å²) < 4.78 is 0. The zero-order chi connectivity index (χ0) is 13.1. The van der Waals surface area contributed by atoms with E-state index in [1.807, 2.05) is 0 Å². The fourth-order valence-corrected chi connectivity index (χ4v) is 2.15. The van der Waals surface area contributed by atoms with E-state index in [1.54, 1.807) is 18.2 Å². The second-order valence-corrected chi connectivity index (χ2v) is 4.25. The highest BCUT2D eigenvalue weighted by Crippen LogP contribution is 2.22. The van der Waals surface area contributed by atoms with Crippen LogP contribution in [0.3, 0.4) is 0 Å². The van der Waals surface area contributed by atoms with E-state index in [2.05, 4.69) is 4.98 Å². The van der Waals surface area contributed by atoms with Gasteiger partial charge in [0.1, 0.15) is 6.04 Å². The topological polar surface area (TPSA) is 96.5 Å². The number of carbonyl (C=O) groups is 2. The van der Waals surface area contributed by atoms with E-state index in [9.17, 15) is 14.7 Å². The van der Waals surface area contributed by atoms with Crippen LogP contribution >= 0.6 is 0 Å². The molecule has 0 bridgehead atoms. The van der Waals surface area contributed by atoms with Crippen molar-refractivity contribution in [2.24, 2.45) is 5.73 Å². The Labute approximate surface area is 104 Å². The second kappa shape index (κ2) is 5.14. The lowest BCUT2D eigenvalue weighted by molar-refractivity contribution is -0.145. The highest BCUT2D eigenvalue weighted by Gasteiger charge is 2.36. The van der Waals surface area contributed by atoms with Gasteiger partial charge in [-0.05, 0) is 25.0 Å². The third kappa shape index (κ3) is 2.33. The van der Waals surface area contributed by atoms with E-state index in [4.69, 9.17) is 5.73 Å². The molecule has 2 amide bonds. The van der Waals surface area contributed by atoms with Crippen LogP contribution in [0.15, 0.2) is 24.4 Å². The molecule has 6 nitrogen and oxygen atoms in total. The number of pyridine rings is 1. The summed E-state index contributed by atoms with van der Waals surface area (Å²) in [6, 6.07) is 4.34. The van der Waals surface area contributed by atoms with E-state index < -0.39 is 24.0 Å². The molecule has 1 aromatic rings. The molecule has 1 aliphatic rings. The predicted molar refractivity (Wildman–Crippen MR) is 63.1 cm³/mol. The number of aliphatic hydroxyl groups excluding tert-OH is 1. The minimum atomic E-state index is -1.34. The Bertz CT molecular complexity index is 449. The maximum Gasteiger partial charge on any atom is 0.258 e. The van der Waals surface area contributed by atoms with Gasteiger partial charge in [0, 0.05) is 12.7 Å². The molecule has 96 valence electrons. The van der Waals surface area contributed by atoms with Crippen LogP contribution in [0.5, 0.6) is 0 Å². The number of rotatable bonds is 3. The normalized spacial score (nSPS) is 20.7. The highest BCUT2D eigenvalue weighted by atomic mass is 16.3. The molecule has 0 aliphatic carbocycles. The summed E-state index contributed by atoms with van der Waals surface area (Å²) in [5, 5.41) is 9.94. The maximum absolute atomic E-state index is 12.1. The van der Waals surface area contributed by atoms with Crippen LogP contribution in [0.1, 0.15) is 24.6 Å². The number of aliphatic hydroxyl groups is 1. The van der Waals surface area contributed by atoms with Gasteiger partial charge in [-0.1, -0.05) is 6.07 Å². The number of hydrogen-bond donors (Lipinski definition) is 2.